The molecular formula is C21H26N4O3. The number of aryl methyl sites for hydroxylation is 1. The van der Waals surface area contributed by atoms with Crippen LogP contribution in [0.3, 0.4) is 0 Å². The molecule has 2 aliphatic heterocycles. The van der Waals surface area contributed by atoms with E-state index < -0.39 is 5.41 Å². The van der Waals surface area contributed by atoms with Crippen LogP contribution in [-0.4, -0.2) is 58.6 Å². The second-order valence-electron chi connectivity index (χ2n) is 7.88. The van der Waals surface area contributed by atoms with Crippen LogP contribution in [0.25, 0.3) is 0 Å². The van der Waals surface area contributed by atoms with E-state index in [1.165, 1.54) is 0 Å². The number of hydrogen-bond donors (Lipinski definition) is 1. The standard InChI is InChI=1S/C21H26N4O3/c1-15-11-18(23-22-15)19(26)25-10-8-21(14-25)7-4-9-24(20(21)27)13-16-5-3-6-17(12-16)28-2/h3,5-6,11-12H,4,7-10,13-14H2,1-2H3,(H,22,23)/t21-/m1/s1. The lowest BCUT2D eigenvalue weighted by Crippen LogP contribution is -2.50. The van der Waals surface area contributed by atoms with E-state index in [-0.39, 0.29) is 11.8 Å². The quantitative estimate of drug-likeness (QED) is 0.881. The summed E-state index contributed by atoms with van der Waals surface area (Å²) in [6, 6.07) is 9.59. The van der Waals surface area contributed by atoms with Gasteiger partial charge in [0.25, 0.3) is 5.91 Å². The number of rotatable bonds is 4. The largest absolute Gasteiger partial charge is 0.497 e. The fraction of sp³-hybridized carbons (Fsp3) is 0.476. The average Bonchev–Trinajstić information content (AvgIpc) is 3.33. The first-order valence-corrected chi connectivity index (χ1v) is 9.74. The number of benzene rings is 1. The normalized spacial score (nSPS) is 22.1. The number of methoxy groups -OCH3 is 1. The molecule has 2 saturated heterocycles. The highest BCUT2D eigenvalue weighted by Gasteiger charge is 2.49. The molecule has 0 saturated carbocycles. The molecule has 0 radical (unpaired) electrons. The number of hydrogen-bond acceptors (Lipinski definition) is 4. The van der Waals surface area contributed by atoms with Gasteiger partial charge in [-0.05, 0) is 49.9 Å². The topological polar surface area (TPSA) is 78.5 Å². The second kappa shape index (κ2) is 7.30. The summed E-state index contributed by atoms with van der Waals surface area (Å²) in [4.78, 5) is 29.8. The van der Waals surface area contributed by atoms with Gasteiger partial charge in [-0.3, -0.25) is 14.7 Å². The van der Waals surface area contributed by atoms with Gasteiger partial charge in [0.1, 0.15) is 11.4 Å². The molecule has 1 spiro atoms. The Morgan fingerprint density at radius 3 is 2.89 bits per heavy atom. The molecule has 3 heterocycles. The monoisotopic (exact) mass is 382 g/mol. The van der Waals surface area contributed by atoms with Gasteiger partial charge >= 0.3 is 0 Å². The third kappa shape index (κ3) is 3.37. The van der Waals surface area contributed by atoms with Gasteiger partial charge in [-0.1, -0.05) is 12.1 Å². The molecule has 0 aliphatic carbocycles. The Morgan fingerprint density at radius 2 is 2.14 bits per heavy atom. The molecule has 7 nitrogen and oxygen atoms in total. The summed E-state index contributed by atoms with van der Waals surface area (Å²) in [7, 11) is 1.64. The first-order valence-electron chi connectivity index (χ1n) is 9.74. The summed E-state index contributed by atoms with van der Waals surface area (Å²) in [6.45, 7) is 4.28. The smallest absolute Gasteiger partial charge is 0.274 e. The molecule has 1 aromatic heterocycles. The van der Waals surface area contributed by atoms with Crippen molar-refractivity contribution < 1.29 is 14.3 Å². The van der Waals surface area contributed by atoms with Gasteiger partial charge in [0, 0.05) is 31.9 Å². The fourth-order valence-electron chi connectivity index (χ4n) is 4.41. The molecule has 2 amide bonds. The van der Waals surface area contributed by atoms with E-state index in [0.29, 0.717) is 25.3 Å². The third-order valence-electron chi connectivity index (χ3n) is 5.90. The molecule has 1 atom stereocenters. The van der Waals surface area contributed by atoms with Crippen molar-refractivity contribution in [3.05, 3.63) is 47.3 Å². The molecule has 0 bridgehead atoms. The summed E-state index contributed by atoms with van der Waals surface area (Å²) in [6.07, 6.45) is 2.51. The predicted octanol–water partition coefficient (Wildman–Crippen LogP) is 2.38. The van der Waals surface area contributed by atoms with Crippen LogP contribution in [0.1, 0.15) is 41.0 Å². The van der Waals surface area contributed by atoms with E-state index in [4.69, 9.17) is 4.74 Å². The number of aromatic nitrogens is 2. The Morgan fingerprint density at radius 1 is 1.29 bits per heavy atom. The lowest BCUT2D eigenvalue weighted by atomic mass is 9.78. The minimum absolute atomic E-state index is 0.0982. The van der Waals surface area contributed by atoms with Crippen LogP contribution in [0.5, 0.6) is 5.75 Å². The molecule has 2 aliphatic rings. The summed E-state index contributed by atoms with van der Waals surface area (Å²) in [5.74, 6) is 0.859. The van der Waals surface area contributed by atoms with Crippen LogP contribution >= 0.6 is 0 Å². The summed E-state index contributed by atoms with van der Waals surface area (Å²) in [5.41, 5.74) is 1.88. The van der Waals surface area contributed by atoms with Crippen LogP contribution in [0.15, 0.2) is 30.3 Å². The average molecular weight is 382 g/mol. The Bertz CT molecular complexity index is 893. The van der Waals surface area contributed by atoms with E-state index in [1.807, 2.05) is 36.1 Å². The van der Waals surface area contributed by atoms with Crippen LogP contribution in [0.2, 0.25) is 0 Å². The molecule has 148 valence electrons. The zero-order valence-corrected chi connectivity index (χ0v) is 16.4. The van der Waals surface area contributed by atoms with Gasteiger partial charge < -0.3 is 14.5 Å². The van der Waals surface area contributed by atoms with E-state index in [0.717, 1.165) is 42.8 Å². The molecular weight excluding hydrogens is 356 g/mol. The van der Waals surface area contributed by atoms with Crippen molar-refractivity contribution in [3.63, 3.8) is 0 Å². The Hall–Kier alpha value is -2.83. The lowest BCUT2D eigenvalue weighted by Gasteiger charge is -2.39. The third-order valence-corrected chi connectivity index (χ3v) is 5.90. The zero-order chi connectivity index (χ0) is 19.7. The highest BCUT2D eigenvalue weighted by molar-refractivity contribution is 5.94. The maximum Gasteiger partial charge on any atom is 0.274 e. The minimum atomic E-state index is -0.460. The SMILES string of the molecule is COc1cccc(CN2CCC[C@]3(CCN(C(=O)c4cc(C)[nH]n4)C3)C2=O)c1. The molecule has 2 aromatic rings. The maximum atomic E-state index is 13.4. The Kier molecular flexibility index (Phi) is 4.83. The summed E-state index contributed by atoms with van der Waals surface area (Å²) in [5, 5.41) is 6.89. The van der Waals surface area contributed by atoms with Crippen molar-refractivity contribution in [3.8, 4) is 5.75 Å². The van der Waals surface area contributed by atoms with E-state index in [2.05, 4.69) is 10.2 Å². The van der Waals surface area contributed by atoms with Crippen LogP contribution in [0.4, 0.5) is 0 Å². The van der Waals surface area contributed by atoms with Gasteiger partial charge in [-0.2, -0.15) is 5.10 Å². The van der Waals surface area contributed by atoms with E-state index >= 15 is 0 Å². The minimum Gasteiger partial charge on any atom is -0.497 e. The molecule has 0 unspecified atom stereocenters. The molecule has 1 N–H and O–H groups in total. The van der Waals surface area contributed by atoms with Crippen LogP contribution < -0.4 is 4.74 Å². The van der Waals surface area contributed by atoms with E-state index in [1.54, 1.807) is 18.1 Å². The fourth-order valence-corrected chi connectivity index (χ4v) is 4.41. The predicted molar refractivity (Wildman–Crippen MR) is 104 cm³/mol. The summed E-state index contributed by atoms with van der Waals surface area (Å²) >= 11 is 0. The van der Waals surface area contributed by atoms with Gasteiger partial charge in [0.2, 0.25) is 5.91 Å². The highest BCUT2D eigenvalue weighted by Crippen LogP contribution is 2.41. The summed E-state index contributed by atoms with van der Waals surface area (Å²) < 4.78 is 5.29. The van der Waals surface area contributed by atoms with Crippen molar-refractivity contribution in [1.82, 2.24) is 20.0 Å². The number of piperidine rings is 1. The van der Waals surface area contributed by atoms with Crippen molar-refractivity contribution >= 4 is 11.8 Å². The van der Waals surface area contributed by atoms with Crippen molar-refractivity contribution in [2.24, 2.45) is 5.41 Å². The van der Waals surface area contributed by atoms with Crippen molar-refractivity contribution in [2.45, 2.75) is 32.7 Å². The molecule has 1 aromatic carbocycles. The highest BCUT2D eigenvalue weighted by atomic mass is 16.5. The maximum absolute atomic E-state index is 13.4. The molecule has 28 heavy (non-hydrogen) atoms. The number of H-pyrrole nitrogens is 1. The Labute approximate surface area is 164 Å². The number of carbonyl (C=O) groups excluding carboxylic acids is 2. The lowest BCUT2D eigenvalue weighted by molar-refractivity contribution is -0.146. The molecule has 7 heteroatoms. The number of nitrogens with one attached hydrogen (secondary N) is 1. The second-order valence-corrected chi connectivity index (χ2v) is 7.88. The molecule has 4 rings (SSSR count). The van der Waals surface area contributed by atoms with Gasteiger partial charge in [0.05, 0.1) is 12.5 Å². The van der Waals surface area contributed by atoms with Gasteiger partial charge in [-0.15, -0.1) is 0 Å². The van der Waals surface area contributed by atoms with Crippen molar-refractivity contribution in [1.29, 1.82) is 0 Å². The van der Waals surface area contributed by atoms with E-state index in [9.17, 15) is 9.59 Å². The number of ether oxygens (including phenoxy) is 1. The Balaban J connectivity index is 1.47. The van der Waals surface area contributed by atoms with Crippen LogP contribution in [0, 0.1) is 12.3 Å². The number of aromatic amines is 1. The van der Waals surface area contributed by atoms with Gasteiger partial charge in [-0.25, -0.2) is 0 Å². The zero-order valence-electron chi connectivity index (χ0n) is 16.4. The number of carbonyl (C=O) groups is 2. The number of likely N-dealkylation sites (tertiary alicyclic amines) is 2. The van der Waals surface area contributed by atoms with Gasteiger partial charge in [0.15, 0.2) is 0 Å². The number of amides is 2. The first-order chi connectivity index (χ1) is 13.5. The number of nitrogens with zero attached hydrogens (tertiary/aromatic N) is 3. The first kappa shape index (κ1) is 18.5. The molecule has 2 fully saturated rings. The van der Waals surface area contributed by atoms with Crippen LogP contribution in [-0.2, 0) is 11.3 Å². The van der Waals surface area contributed by atoms with Crippen molar-refractivity contribution in [2.75, 3.05) is 26.7 Å².